The summed E-state index contributed by atoms with van der Waals surface area (Å²) in [6.45, 7) is 0.219. The Hall–Kier alpha value is -2.44. The largest absolute Gasteiger partial charge is 0.496 e. The van der Waals surface area contributed by atoms with Gasteiger partial charge in [-0.25, -0.2) is 0 Å². The average molecular weight is 395 g/mol. The third-order valence-electron chi connectivity index (χ3n) is 4.01. The molecule has 136 valence electrons. The van der Waals surface area contributed by atoms with Gasteiger partial charge in [-0.15, -0.1) is 0 Å². The molecule has 1 atom stereocenters. The highest BCUT2D eigenvalue weighted by Gasteiger charge is 2.26. The number of halogens is 2. The highest BCUT2D eigenvalue weighted by Crippen LogP contribution is 2.29. The molecule has 0 saturated carbocycles. The monoisotopic (exact) mass is 394 g/mol. The van der Waals surface area contributed by atoms with Crippen molar-refractivity contribution in [3.05, 3.63) is 57.6 Å². The first-order valence-corrected chi connectivity index (χ1v) is 8.58. The van der Waals surface area contributed by atoms with Crippen LogP contribution in [0.5, 0.6) is 11.5 Å². The minimum absolute atomic E-state index is 0.219. The smallest absolute Gasteiger partial charge is 0.273 e. The lowest BCUT2D eigenvalue weighted by molar-refractivity contribution is -0.127. The minimum Gasteiger partial charge on any atom is -0.496 e. The van der Waals surface area contributed by atoms with Crippen LogP contribution >= 0.6 is 23.2 Å². The summed E-state index contributed by atoms with van der Waals surface area (Å²) in [6, 6.07) is 9.93. The molecule has 0 spiro atoms. The molecule has 26 heavy (non-hydrogen) atoms. The quantitative estimate of drug-likeness (QED) is 0.784. The molecular formula is C18H16Cl2N2O4. The fourth-order valence-corrected chi connectivity index (χ4v) is 3.04. The molecule has 6 nitrogen and oxygen atoms in total. The SMILES string of the molecule is COc1ccc(Cl)cc1C(=O)NNC(=O)[C@@H]1COc2ccc(Cl)cc2C1. The van der Waals surface area contributed by atoms with Crippen molar-refractivity contribution in [3.8, 4) is 11.5 Å². The fourth-order valence-electron chi connectivity index (χ4n) is 2.68. The number of hydrogen-bond acceptors (Lipinski definition) is 4. The summed E-state index contributed by atoms with van der Waals surface area (Å²) in [4.78, 5) is 24.6. The topological polar surface area (TPSA) is 76.7 Å². The van der Waals surface area contributed by atoms with Crippen LogP contribution in [-0.4, -0.2) is 25.5 Å². The molecular weight excluding hydrogens is 379 g/mol. The van der Waals surface area contributed by atoms with E-state index in [1.54, 1.807) is 30.3 Å². The van der Waals surface area contributed by atoms with Crippen LogP contribution in [0.1, 0.15) is 15.9 Å². The van der Waals surface area contributed by atoms with Crippen LogP contribution in [0.15, 0.2) is 36.4 Å². The molecule has 0 saturated heterocycles. The number of carbonyl (C=O) groups is 2. The Bertz CT molecular complexity index is 857. The van der Waals surface area contributed by atoms with Gasteiger partial charge < -0.3 is 9.47 Å². The Morgan fingerprint density at radius 2 is 1.85 bits per heavy atom. The van der Waals surface area contributed by atoms with Crippen LogP contribution in [-0.2, 0) is 11.2 Å². The van der Waals surface area contributed by atoms with Crippen LogP contribution in [0.2, 0.25) is 10.0 Å². The number of benzene rings is 2. The lowest BCUT2D eigenvalue weighted by Gasteiger charge is -2.24. The number of methoxy groups -OCH3 is 1. The van der Waals surface area contributed by atoms with E-state index in [1.807, 2.05) is 0 Å². The van der Waals surface area contributed by atoms with Crippen molar-refractivity contribution in [1.82, 2.24) is 10.9 Å². The average Bonchev–Trinajstić information content (AvgIpc) is 2.65. The van der Waals surface area contributed by atoms with Gasteiger partial charge in [0.15, 0.2) is 0 Å². The Balaban J connectivity index is 1.63. The predicted octanol–water partition coefficient (Wildman–Crippen LogP) is 3.01. The van der Waals surface area contributed by atoms with E-state index >= 15 is 0 Å². The minimum atomic E-state index is -0.530. The molecule has 0 bridgehead atoms. The van der Waals surface area contributed by atoms with Crippen LogP contribution in [0.3, 0.4) is 0 Å². The van der Waals surface area contributed by atoms with Gasteiger partial charge in [0.1, 0.15) is 18.1 Å². The van der Waals surface area contributed by atoms with E-state index in [2.05, 4.69) is 10.9 Å². The molecule has 0 unspecified atom stereocenters. The molecule has 2 amide bonds. The number of hydrogen-bond donors (Lipinski definition) is 2. The Morgan fingerprint density at radius 1 is 1.12 bits per heavy atom. The number of amides is 2. The second-order valence-electron chi connectivity index (χ2n) is 5.75. The maximum absolute atomic E-state index is 12.4. The zero-order valence-corrected chi connectivity index (χ0v) is 15.4. The van der Waals surface area contributed by atoms with Gasteiger partial charge in [-0.05, 0) is 48.4 Å². The number of rotatable bonds is 3. The van der Waals surface area contributed by atoms with Crippen molar-refractivity contribution in [2.24, 2.45) is 5.92 Å². The third-order valence-corrected chi connectivity index (χ3v) is 4.48. The molecule has 2 aromatic carbocycles. The summed E-state index contributed by atoms with van der Waals surface area (Å²) in [5.41, 5.74) is 5.86. The molecule has 0 aromatic heterocycles. The van der Waals surface area contributed by atoms with Crippen molar-refractivity contribution in [2.45, 2.75) is 6.42 Å². The molecule has 0 radical (unpaired) electrons. The number of hydrazine groups is 1. The van der Waals surface area contributed by atoms with Gasteiger partial charge in [0.05, 0.1) is 18.6 Å². The highest BCUT2D eigenvalue weighted by molar-refractivity contribution is 6.31. The van der Waals surface area contributed by atoms with Gasteiger partial charge in [-0.1, -0.05) is 23.2 Å². The number of fused-ring (bicyclic) bond motifs is 1. The van der Waals surface area contributed by atoms with Gasteiger partial charge in [0.25, 0.3) is 5.91 Å². The molecule has 2 N–H and O–H groups in total. The standard InChI is InChI=1S/C18H16Cl2N2O4/c1-25-16-5-3-13(20)8-14(16)18(24)22-21-17(23)11-6-10-7-12(19)2-4-15(10)26-9-11/h2-5,7-8,11H,6,9H2,1H3,(H,21,23)(H,22,24)/t11-/m0/s1. The van der Waals surface area contributed by atoms with E-state index in [1.165, 1.54) is 13.2 Å². The number of ether oxygens (including phenoxy) is 2. The van der Waals surface area contributed by atoms with Gasteiger partial charge in [-0.2, -0.15) is 0 Å². The second kappa shape index (κ2) is 7.85. The first-order valence-electron chi connectivity index (χ1n) is 7.83. The molecule has 1 aliphatic heterocycles. The van der Waals surface area contributed by atoms with Crippen molar-refractivity contribution in [1.29, 1.82) is 0 Å². The Kier molecular flexibility index (Phi) is 5.54. The van der Waals surface area contributed by atoms with Gasteiger partial charge >= 0.3 is 0 Å². The lowest BCUT2D eigenvalue weighted by Crippen LogP contribution is -2.47. The summed E-state index contributed by atoms with van der Waals surface area (Å²) in [7, 11) is 1.44. The van der Waals surface area contributed by atoms with Crippen molar-refractivity contribution < 1.29 is 19.1 Å². The molecule has 8 heteroatoms. The van der Waals surface area contributed by atoms with E-state index in [4.69, 9.17) is 32.7 Å². The first kappa shape index (κ1) is 18.4. The zero-order chi connectivity index (χ0) is 18.7. The van der Waals surface area contributed by atoms with Crippen LogP contribution in [0, 0.1) is 5.92 Å². The van der Waals surface area contributed by atoms with E-state index in [0.717, 1.165) is 5.56 Å². The van der Waals surface area contributed by atoms with Gasteiger partial charge in [-0.3, -0.25) is 20.4 Å². The second-order valence-corrected chi connectivity index (χ2v) is 6.62. The molecule has 0 fully saturated rings. The molecule has 0 aliphatic carbocycles. The number of carbonyl (C=O) groups excluding carboxylic acids is 2. The Morgan fingerprint density at radius 3 is 2.62 bits per heavy atom. The summed E-state index contributed by atoms with van der Waals surface area (Å²) in [6.07, 6.45) is 0.470. The summed E-state index contributed by atoms with van der Waals surface area (Å²) >= 11 is 11.9. The van der Waals surface area contributed by atoms with E-state index in [-0.39, 0.29) is 18.1 Å². The van der Waals surface area contributed by atoms with Gasteiger partial charge in [0, 0.05) is 10.0 Å². The summed E-state index contributed by atoms with van der Waals surface area (Å²) < 4.78 is 10.7. The maximum Gasteiger partial charge on any atom is 0.273 e. The van der Waals surface area contributed by atoms with E-state index in [9.17, 15) is 9.59 Å². The lowest BCUT2D eigenvalue weighted by atomic mass is 9.96. The molecule has 3 rings (SSSR count). The van der Waals surface area contributed by atoms with Crippen LogP contribution in [0.4, 0.5) is 0 Å². The predicted molar refractivity (Wildman–Crippen MR) is 97.8 cm³/mol. The molecule has 1 aliphatic rings. The Labute approximate surface area is 160 Å². The van der Waals surface area contributed by atoms with Crippen LogP contribution in [0.25, 0.3) is 0 Å². The number of nitrogens with one attached hydrogen (secondary N) is 2. The summed E-state index contributed by atoms with van der Waals surface area (Å²) in [5.74, 6) is -0.262. The van der Waals surface area contributed by atoms with E-state index < -0.39 is 11.8 Å². The summed E-state index contributed by atoms with van der Waals surface area (Å²) in [5, 5.41) is 0.964. The normalized spacial score (nSPS) is 15.4. The zero-order valence-electron chi connectivity index (χ0n) is 13.8. The van der Waals surface area contributed by atoms with E-state index in [0.29, 0.717) is 28.0 Å². The van der Waals surface area contributed by atoms with Gasteiger partial charge in [0.2, 0.25) is 5.91 Å². The van der Waals surface area contributed by atoms with Crippen molar-refractivity contribution >= 4 is 35.0 Å². The maximum atomic E-state index is 12.4. The van der Waals surface area contributed by atoms with Crippen LogP contribution < -0.4 is 20.3 Å². The first-order chi connectivity index (χ1) is 12.5. The third kappa shape index (κ3) is 4.03. The molecule has 1 heterocycles. The van der Waals surface area contributed by atoms with Crippen molar-refractivity contribution in [2.75, 3.05) is 13.7 Å². The molecule has 2 aromatic rings. The fraction of sp³-hybridized carbons (Fsp3) is 0.222. The van der Waals surface area contributed by atoms with Crippen molar-refractivity contribution in [3.63, 3.8) is 0 Å². The highest BCUT2D eigenvalue weighted by atomic mass is 35.5.